The molecule has 2 heteroatoms. The van der Waals surface area contributed by atoms with Crippen LogP contribution in [0.1, 0.15) is 11.6 Å². The monoisotopic (exact) mass is 121 g/mol. The molecular weight excluding hydrogens is 114 g/mol. The molecule has 0 bridgehead atoms. The molecule has 1 aromatic heterocycles. The van der Waals surface area contributed by atoms with Gasteiger partial charge in [-0.15, -0.1) is 6.42 Å². The maximum Gasteiger partial charge on any atom is 0.0960 e. The largest absolute Gasteiger partial charge is 0.472 e. The van der Waals surface area contributed by atoms with Crippen LogP contribution in [0.4, 0.5) is 0 Å². The Morgan fingerprint density at radius 2 is 2.56 bits per heavy atom. The van der Waals surface area contributed by atoms with Crippen molar-refractivity contribution in [2.45, 2.75) is 6.04 Å². The van der Waals surface area contributed by atoms with E-state index in [4.69, 9.17) is 16.6 Å². The zero-order chi connectivity index (χ0) is 6.69. The minimum absolute atomic E-state index is 0.330. The highest BCUT2D eigenvalue weighted by molar-refractivity contribution is 5.19. The minimum Gasteiger partial charge on any atom is -0.472 e. The Morgan fingerprint density at radius 3 is 3.00 bits per heavy atom. The van der Waals surface area contributed by atoms with Crippen LogP contribution in [0.25, 0.3) is 0 Å². The molecule has 46 valence electrons. The predicted octanol–water partition coefficient (Wildman–Crippen LogP) is 0.913. The molecule has 0 aliphatic heterocycles. The molecule has 1 atom stereocenters. The first-order valence-corrected chi connectivity index (χ1v) is 2.58. The van der Waals surface area contributed by atoms with E-state index in [0.717, 1.165) is 5.56 Å². The second kappa shape index (κ2) is 2.38. The highest BCUT2D eigenvalue weighted by Crippen LogP contribution is 2.07. The Kier molecular flexibility index (Phi) is 1.57. The summed E-state index contributed by atoms with van der Waals surface area (Å²) in [5, 5.41) is 0. The van der Waals surface area contributed by atoms with Crippen LogP contribution in [0.5, 0.6) is 0 Å². The fourth-order valence-electron chi connectivity index (χ4n) is 0.548. The number of rotatable bonds is 1. The van der Waals surface area contributed by atoms with Crippen molar-refractivity contribution < 1.29 is 4.42 Å². The lowest BCUT2D eigenvalue weighted by Crippen LogP contribution is -2.05. The van der Waals surface area contributed by atoms with Crippen LogP contribution in [0.3, 0.4) is 0 Å². The molecule has 0 radical (unpaired) electrons. The molecule has 1 unspecified atom stereocenters. The summed E-state index contributed by atoms with van der Waals surface area (Å²) in [7, 11) is 0. The van der Waals surface area contributed by atoms with Gasteiger partial charge in [0.05, 0.1) is 18.6 Å². The van der Waals surface area contributed by atoms with E-state index < -0.39 is 0 Å². The van der Waals surface area contributed by atoms with Crippen molar-refractivity contribution in [3.8, 4) is 12.3 Å². The van der Waals surface area contributed by atoms with E-state index in [2.05, 4.69) is 5.92 Å². The summed E-state index contributed by atoms with van der Waals surface area (Å²) < 4.78 is 4.76. The Balaban J connectivity index is 2.80. The van der Waals surface area contributed by atoms with Crippen molar-refractivity contribution in [1.29, 1.82) is 0 Å². The Morgan fingerprint density at radius 1 is 1.78 bits per heavy atom. The molecule has 0 aliphatic rings. The van der Waals surface area contributed by atoms with Crippen LogP contribution in [0.2, 0.25) is 0 Å². The summed E-state index contributed by atoms with van der Waals surface area (Å²) in [4.78, 5) is 0. The van der Waals surface area contributed by atoms with Crippen molar-refractivity contribution in [3.05, 3.63) is 24.2 Å². The van der Waals surface area contributed by atoms with Gasteiger partial charge in [-0.1, -0.05) is 5.92 Å². The van der Waals surface area contributed by atoms with Gasteiger partial charge in [0, 0.05) is 5.56 Å². The molecule has 0 amide bonds. The van der Waals surface area contributed by atoms with E-state index in [0.29, 0.717) is 0 Å². The summed E-state index contributed by atoms with van der Waals surface area (Å²) in [6.45, 7) is 0. The van der Waals surface area contributed by atoms with Crippen molar-refractivity contribution >= 4 is 0 Å². The molecule has 2 nitrogen and oxygen atoms in total. The Bertz CT molecular complexity index is 207. The van der Waals surface area contributed by atoms with Crippen molar-refractivity contribution in [3.63, 3.8) is 0 Å². The lowest BCUT2D eigenvalue weighted by molar-refractivity contribution is 0.563. The van der Waals surface area contributed by atoms with Gasteiger partial charge >= 0.3 is 0 Å². The zero-order valence-electron chi connectivity index (χ0n) is 4.87. The number of terminal acetylenes is 1. The molecule has 0 fully saturated rings. The molecule has 2 N–H and O–H groups in total. The highest BCUT2D eigenvalue weighted by Gasteiger charge is 2.00. The van der Waals surface area contributed by atoms with Gasteiger partial charge in [0.25, 0.3) is 0 Å². The second-order valence-electron chi connectivity index (χ2n) is 1.70. The third-order valence-electron chi connectivity index (χ3n) is 1.08. The summed E-state index contributed by atoms with van der Waals surface area (Å²) in [5.74, 6) is 2.39. The van der Waals surface area contributed by atoms with Crippen molar-refractivity contribution in [1.82, 2.24) is 0 Å². The quantitative estimate of drug-likeness (QED) is 0.561. The molecule has 0 aromatic carbocycles. The first kappa shape index (κ1) is 5.93. The molecule has 1 heterocycles. The van der Waals surface area contributed by atoms with Crippen LogP contribution in [-0.2, 0) is 0 Å². The first-order valence-electron chi connectivity index (χ1n) is 2.58. The highest BCUT2D eigenvalue weighted by atomic mass is 16.3. The van der Waals surface area contributed by atoms with Crippen LogP contribution in [0, 0.1) is 12.3 Å². The van der Waals surface area contributed by atoms with E-state index in [1.54, 1.807) is 18.6 Å². The molecule has 0 saturated heterocycles. The van der Waals surface area contributed by atoms with Crippen LogP contribution < -0.4 is 5.73 Å². The normalized spacial score (nSPS) is 12.4. The van der Waals surface area contributed by atoms with E-state index in [1.165, 1.54) is 0 Å². The SMILES string of the molecule is C#CC(N)c1ccoc1. The third-order valence-corrected chi connectivity index (χ3v) is 1.08. The number of hydrogen-bond acceptors (Lipinski definition) is 2. The van der Waals surface area contributed by atoms with Crippen LogP contribution >= 0.6 is 0 Å². The zero-order valence-corrected chi connectivity index (χ0v) is 4.87. The lowest BCUT2D eigenvalue weighted by atomic mass is 10.2. The second-order valence-corrected chi connectivity index (χ2v) is 1.70. The van der Waals surface area contributed by atoms with Gasteiger partial charge < -0.3 is 10.2 Å². The molecular formula is C7H7NO. The average Bonchev–Trinajstić information content (AvgIpc) is 2.37. The van der Waals surface area contributed by atoms with Crippen LogP contribution in [0.15, 0.2) is 23.0 Å². The molecule has 0 spiro atoms. The van der Waals surface area contributed by atoms with Gasteiger partial charge in [-0.2, -0.15) is 0 Å². The van der Waals surface area contributed by atoms with Gasteiger partial charge in [0.1, 0.15) is 0 Å². The summed E-state index contributed by atoms with van der Waals surface area (Å²) in [5.41, 5.74) is 6.29. The lowest BCUT2D eigenvalue weighted by Gasteiger charge is -1.95. The topological polar surface area (TPSA) is 39.2 Å². The van der Waals surface area contributed by atoms with E-state index >= 15 is 0 Å². The number of furan rings is 1. The maximum atomic E-state index is 5.44. The summed E-state index contributed by atoms with van der Waals surface area (Å²) in [6.07, 6.45) is 8.14. The summed E-state index contributed by atoms with van der Waals surface area (Å²) in [6, 6.07) is 1.42. The molecule has 0 saturated carbocycles. The third kappa shape index (κ3) is 1.13. The van der Waals surface area contributed by atoms with Crippen molar-refractivity contribution in [2.75, 3.05) is 0 Å². The van der Waals surface area contributed by atoms with Gasteiger partial charge in [0.15, 0.2) is 0 Å². The minimum atomic E-state index is -0.330. The van der Waals surface area contributed by atoms with Gasteiger partial charge in [-0.3, -0.25) is 0 Å². The Labute approximate surface area is 53.7 Å². The molecule has 1 rings (SSSR count). The predicted molar refractivity (Wildman–Crippen MR) is 34.5 cm³/mol. The fraction of sp³-hybridized carbons (Fsp3) is 0.143. The fourth-order valence-corrected chi connectivity index (χ4v) is 0.548. The molecule has 9 heavy (non-hydrogen) atoms. The number of hydrogen-bond donors (Lipinski definition) is 1. The standard InChI is InChI=1S/C7H7NO/c1-2-7(8)6-3-4-9-5-6/h1,3-5,7H,8H2. The summed E-state index contributed by atoms with van der Waals surface area (Å²) >= 11 is 0. The molecule has 1 aromatic rings. The van der Waals surface area contributed by atoms with Crippen molar-refractivity contribution in [2.24, 2.45) is 5.73 Å². The Hall–Kier alpha value is -1.20. The van der Waals surface area contributed by atoms with E-state index in [-0.39, 0.29) is 6.04 Å². The first-order chi connectivity index (χ1) is 4.34. The van der Waals surface area contributed by atoms with Gasteiger partial charge in [-0.25, -0.2) is 0 Å². The van der Waals surface area contributed by atoms with Gasteiger partial charge in [0.2, 0.25) is 0 Å². The maximum absolute atomic E-state index is 5.44. The van der Waals surface area contributed by atoms with E-state index in [9.17, 15) is 0 Å². The van der Waals surface area contributed by atoms with Gasteiger partial charge in [-0.05, 0) is 6.07 Å². The van der Waals surface area contributed by atoms with E-state index in [1.807, 2.05) is 0 Å². The average molecular weight is 121 g/mol. The number of nitrogens with two attached hydrogens (primary N) is 1. The molecule has 0 aliphatic carbocycles. The smallest absolute Gasteiger partial charge is 0.0960 e. The van der Waals surface area contributed by atoms with Crippen LogP contribution in [-0.4, -0.2) is 0 Å².